The van der Waals surface area contributed by atoms with E-state index in [1.54, 1.807) is 0 Å². The Kier molecular flexibility index (Phi) is 5.28. The van der Waals surface area contributed by atoms with Crippen molar-refractivity contribution in [2.45, 2.75) is 57.2 Å². The molecule has 1 amide bonds. The summed E-state index contributed by atoms with van der Waals surface area (Å²) in [6, 6.07) is 12.4. The zero-order valence-electron chi connectivity index (χ0n) is 15.9. The lowest BCUT2D eigenvalue weighted by atomic mass is 9.94. The minimum Gasteiger partial charge on any atom is -0.480 e. The molecule has 27 heavy (non-hydrogen) atoms. The average Bonchev–Trinajstić information content (AvgIpc) is 3.17. The van der Waals surface area contributed by atoms with E-state index >= 15 is 0 Å². The normalized spacial score (nSPS) is 19.2. The minimum absolute atomic E-state index is 0.0682. The molecule has 1 saturated carbocycles. The fourth-order valence-electron chi connectivity index (χ4n) is 4.15. The van der Waals surface area contributed by atoms with Gasteiger partial charge in [0.1, 0.15) is 11.6 Å². The number of ether oxygens (including phenoxy) is 1. The van der Waals surface area contributed by atoms with E-state index in [0.29, 0.717) is 19.0 Å². The van der Waals surface area contributed by atoms with E-state index in [4.69, 9.17) is 4.74 Å². The van der Waals surface area contributed by atoms with Gasteiger partial charge in [-0.3, -0.25) is 4.79 Å². The Balaban J connectivity index is 1.39. The number of benzene rings is 1. The van der Waals surface area contributed by atoms with Crippen molar-refractivity contribution in [1.82, 2.24) is 10.3 Å². The van der Waals surface area contributed by atoms with Crippen LogP contribution in [0.5, 0.6) is 5.75 Å². The molecule has 0 bridgehead atoms. The van der Waals surface area contributed by atoms with Gasteiger partial charge in [-0.2, -0.15) is 0 Å². The summed E-state index contributed by atoms with van der Waals surface area (Å²) in [6.45, 7) is 0.468. The highest BCUT2D eigenvalue weighted by molar-refractivity contribution is 5.82. The molecule has 5 heteroatoms. The van der Waals surface area contributed by atoms with Gasteiger partial charge in [-0.1, -0.05) is 43.5 Å². The summed E-state index contributed by atoms with van der Waals surface area (Å²) < 4.78 is 5.79. The number of amides is 1. The smallest absolute Gasteiger partial charge is 0.261 e. The van der Waals surface area contributed by atoms with Crippen LogP contribution in [0.1, 0.15) is 43.2 Å². The molecule has 1 aliphatic heterocycles. The number of nitrogens with one attached hydrogen (secondary N) is 1. The zero-order chi connectivity index (χ0) is 18.6. The second-order valence-electron chi connectivity index (χ2n) is 7.53. The van der Waals surface area contributed by atoms with E-state index in [9.17, 15) is 4.79 Å². The maximum absolute atomic E-state index is 12.6. The van der Waals surface area contributed by atoms with E-state index in [1.807, 2.05) is 42.6 Å². The molecule has 0 radical (unpaired) electrons. The highest BCUT2D eigenvalue weighted by Crippen LogP contribution is 2.29. The summed E-state index contributed by atoms with van der Waals surface area (Å²) in [4.78, 5) is 19.5. The van der Waals surface area contributed by atoms with Crippen molar-refractivity contribution in [3.63, 3.8) is 0 Å². The Morgan fingerprint density at radius 2 is 2.00 bits per heavy atom. The molecule has 0 saturated heterocycles. The van der Waals surface area contributed by atoms with E-state index in [-0.39, 0.29) is 5.91 Å². The maximum Gasteiger partial charge on any atom is 0.261 e. The molecular formula is C22H27N3O2. The first-order valence-corrected chi connectivity index (χ1v) is 9.91. The molecule has 1 aromatic carbocycles. The average molecular weight is 365 g/mol. The zero-order valence-corrected chi connectivity index (χ0v) is 15.9. The van der Waals surface area contributed by atoms with Gasteiger partial charge in [0, 0.05) is 37.8 Å². The molecule has 1 N–H and O–H groups in total. The third-order valence-corrected chi connectivity index (χ3v) is 5.72. The Labute approximate surface area is 160 Å². The van der Waals surface area contributed by atoms with Gasteiger partial charge in [0.25, 0.3) is 5.91 Å². The van der Waals surface area contributed by atoms with Crippen LogP contribution in [-0.2, 0) is 17.8 Å². The molecule has 0 spiro atoms. The van der Waals surface area contributed by atoms with Gasteiger partial charge in [0.15, 0.2) is 6.10 Å². The Hall–Kier alpha value is -2.56. The highest BCUT2D eigenvalue weighted by atomic mass is 16.5. The molecule has 1 atom stereocenters. The van der Waals surface area contributed by atoms with Crippen LogP contribution in [0.3, 0.4) is 0 Å². The number of hydrogen-bond donors (Lipinski definition) is 1. The molecule has 1 unspecified atom stereocenters. The van der Waals surface area contributed by atoms with Crippen LogP contribution >= 0.6 is 0 Å². The van der Waals surface area contributed by atoms with Crippen molar-refractivity contribution in [2.24, 2.45) is 0 Å². The van der Waals surface area contributed by atoms with Crippen LogP contribution in [0.15, 0.2) is 42.6 Å². The standard InChI is InChI=1S/C22H27N3O2/c1-25(18-10-3-2-4-11-18)21-17(9-7-13-23-21)15-24-22(26)20-14-16-8-5-6-12-19(16)27-20/h5-9,12-13,18,20H,2-4,10-11,14-15H2,1H3,(H,24,26). The molecule has 2 aliphatic rings. The summed E-state index contributed by atoms with van der Waals surface area (Å²) in [6.07, 6.45) is 8.35. The molecule has 1 aliphatic carbocycles. The fraction of sp³-hybridized carbons (Fsp3) is 0.455. The fourth-order valence-corrected chi connectivity index (χ4v) is 4.15. The molecule has 2 aromatic rings. The maximum atomic E-state index is 12.6. The van der Waals surface area contributed by atoms with Crippen molar-refractivity contribution < 1.29 is 9.53 Å². The van der Waals surface area contributed by atoms with Gasteiger partial charge in [-0.05, 0) is 30.5 Å². The molecule has 142 valence electrons. The third-order valence-electron chi connectivity index (χ3n) is 5.72. The number of fused-ring (bicyclic) bond motifs is 1. The van der Waals surface area contributed by atoms with Crippen molar-refractivity contribution in [2.75, 3.05) is 11.9 Å². The van der Waals surface area contributed by atoms with Crippen LogP contribution in [0.2, 0.25) is 0 Å². The highest BCUT2D eigenvalue weighted by Gasteiger charge is 2.29. The Morgan fingerprint density at radius 1 is 1.19 bits per heavy atom. The number of carbonyl (C=O) groups excluding carboxylic acids is 1. The largest absolute Gasteiger partial charge is 0.480 e. The Bertz CT molecular complexity index is 777. The lowest BCUT2D eigenvalue weighted by molar-refractivity contribution is -0.127. The van der Waals surface area contributed by atoms with E-state index in [2.05, 4.69) is 22.2 Å². The number of carbonyl (C=O) groups is 1. The Morgan fingerprint density at radius 3 is 2.81 bits per heavy atom. The number of nitrogens with zero attached hydrogens (tertiary/aromatic N) is 2. The van der Waals surface area contributed by atoms with Crippen molar-refractivity contribution >= 4 is 11.7 Å². The topological polar surface area (TPSA) is 54.5 Å². The number of anilines is 1. The SMILES string of the molecule is CN(c1ncccc1CNC(=O)C1Cc2ccccc2O1)C1CCCCC1. The van der Waals surface area contributed by atoms with Gasteiger partial charge in [-0.15, -0.1) is 0 Å². The van der Waals surface area contributed by atoms with E-state index in [1.165, 1.54) is 32.1 Å². The molecule has 5 nitrogen and oxygen atoms in total. The second kappa shape index (κ2) is 7.99. The van der Waals surface area contributed by atoms with Crippen LogP contribution in [-0.4, -0.2) is 30.1 Å². The molecule has 2 heterocycles. The third kappa shape index (κ3) is 3.92. The predicted molar refractivity (Wildman–Crippen MR) is 106 cm³/mol. The second-order valence-corrected chi connectivity index (χ2v) is 7.53. The lowest BCUT2D eigenvalue weighted by Crippen LogP contribution is -2.38. The van der Waals surface area contributed by atoms with Crippen molar-refractivity contribution in [3.8, 4) is 5.75 Å². The summed E-state index contributed by atoms with van der Waals surface area (Å²) >= 11 is 0. The van der Waals surface area contributed by atoms with Crippen LogP contribution in [0.4, 0.5) is 5.82 Å². The lowest BCUT2D eigenvalue weighted by Gasteiger charge is -2.33. The molecule has 4 rings (SSSR count). The monoisotopic (exact) mass is 365 g/mol. The first kappa shape index (κ1) is 17.8. The predicted octanol–water partition coefficient (Wildman–Crippen LogP) is 3.47. The van der Waals surface area contributed by atoms with Crippen LogP contribution in [0, 0.1) is 0 Å². The summed E-state index contributed by atoms with van der Waals surface area (Å²) in [5.74, 6) is 1.72. The summed E-state index contributed by atoms with van der Waals surface area (Å²) in [7, 11) is 2.13. The molecule has 1 aromatic heterocycles. The number of pyridine rings is 1. The number of hydrogen-bond acceptors (Lipinski definition) is 4. The first-order chi connectivity index (χ1) is 13.2. The van der Waals surface area contributed by atoms with Crippen LogP contribution in [0.25, 0.3) is 0 Å². The summed E-state index contributed by atoms with van der Waals surface area (Å²) in [5.41, 5.74) is 2.14. The van der Waals surface area contributed by atoms with E-state index < -0.39 is 6.10 Å². The quantitative estimate of drug-likeness (QED) is 0.881. The molecule has 1 fully saturated rings. The van der Waals surface area contributed by atoms with E-state index in [0.717, 1.165) is 22.7 Å². The summed E-state index contributed by atoms with van der Waals surface area (Å²) in [5, 5.41) is 3.04. The van der Waals surface area contributed by atoms with Crippen LogP contribution < -0.4 is 15.0 Å². The van der Waals surface area contributed by atoms with Gasteiger partial charge in [-0.25, -0.2) is 4.98 Å². The molecular weight excluding hydrogens is 338 g/mol. The van der Waals surface area contributed by atoms with Gasteiger partial charge in [0.2, 0.25) is 0 Å². The van der Waals surface area contributed by atoms with Gasteiger partial charge >= 0.3 is 0 Å². The minimum atomic E-state index is -0.446. The van der Waals surface area contributed by atoms with Crippen molar-refractivity contribution in [1.29, 1.82) is 0 Å². The first-order valence-electron chi connectivity index (χ1n) is 9.91. The number of aromatic nitrogens is 1. The van der Waals surface area contributed by atoms with Gasteiger partial charge < -0.3 is 15.0 Å². The van der Waals surface area contributed by atoms with Crippen molar-refractivity contribution in [3.05, 3.63) is 53.7 Å². The number of para-hydroxylation sites is 1. The van der Waals surface area contributed by atoms with Gasteiger partial charge in [0.05, 0.1) is 0 Å². The number of rotatable bonds is 5.